The van der Waals surface area contributed by atoms with Crippen molar-refractivity contribution in [1.82, 2.24) is 10.2 Å². The molecule has 118 valence electrons. The van der Waals surface area contributed by atoms with Gasteiger partial charge in [0.2, 0.25) is 5.91 Å². The lowest BCUT2D eigenvalue weighted by molar-refractivity contribution is -0.133. The number of piperidine rings is 1. The molecular weight excluding hydrogens is 266 g/mol. The van der Waals surface area contributed by atoms with Crippen LogP contribution in [0.5, 0.6) is 0 Å². The van der Waals surface area contributed by atoms with E-state index in [1.807, 2.05) is 6.92 Å². The van der Waals surface area contributed by atoms with E-state index in [0.717, 1.165) is 6.42 Å². The van der Waals surface area contributed by atoms with Crippen molar-refractivity contribution in [3.8, 4) is 0 Å². The average molecular weight is 292 g/mol. The Morgan fingerprint density at radius 2 is 2.10 bits per heavy atom. The van der Waals surface area contributed by atoms with Crippen molar-refractivity contribution in [2.75, 3.05) is 19.6 Å². The summed E-state index contributed by atoms with van der Waals surface area (Å²) in [6.07, 6.45) is -0.314. The van der Waals surface area contributed by atoms with Gasteiger partial charge in [-0.1, -0.05) is 13.8 Å². The summed E-state index contributed by atoms with van der Waals surface area (Å²) < 4.78 is 24.6. The molecule has 20 heavy (non-hydrogen) atoms. The van der Waals surface area contributed by atoms with Gasteiger partial charge in [0, 0.05) is 25.6 Å². The Hall–Kier alpha value is -0.750. The minimum atomic E-state index is -2.38. The van der Waals surface area contributed by atoms with Gasteiger partial charge in [0.25, 0.3) is 6.43 Å². The quantitative estimate of drug-likeness (QED) is 0.750. The van der Waals surface area contributed by atoms with Crippen LogP contribution in [-0.4, -0.2) is 54.1 Å². The normalized spacial score (nSPS) is 25.0. The van der Waals surface area contributed by atoms with Crippen molar-refractivity contribution in [2.24, 2.45) is 5.92 Å². The first kappa shape index (κ1) is 17.3. The molecule has 0 spiro atoms. The van der Waals surface area contributed by atoms with Crippen LogP contribution in [0.2, 0.25) is 0 Å². The van der Waals surface area contributed by atoms with Crippen LogP contribution in [0, 0.1) is 5.92 Å². The van der Waals surface area contributed by atoms with E-state index in [-0.39, 0.29) is 30.5 Å². The monoisotopic (exact) mass is 292 g/mol. The zero-order valence-corrected chi connectivity index (χ0v) is 12.3. The van der Waals surface area contributed by atoms with Crippen LogP contribution in [0.4, 0.5) is 8.78 Å². The summed E-state index contributed by atoms with van der Waals surface area (Å²) in [5, 5.41) is 12.6. The highest BCUT2D eigenvalue weighted by Crippen LogP contribution is 2.23. The van der Waals surface area contributed by atoms with Crippen molar-refractivity contribution in [1.29, 1.82) is 0 Å². The lowest BCUT2D eigenvalue weighted by Crippen LogP contribution is -2.52. The summed E-state index contributed by atoms with van der Waals surface area (Å²) in [5.74, 6) is 0.217. The molecule has 0 saturated carbocycles. The van der Waals surface area contributed by atoms with Crippen molar-refractivity contribution in [2.45, 2.75) is 58.1 Å². The number of likely N-dealkylation sites (tertiary alicyclic amines) is 1. The summed E-state index contributed by atoms with van der Waals surface area (Å²) in [5.41, 5.74) is 0. The number of aliphatic hydroxyl groups excluding tert-OH is 1. The third-order valence-electron chi connectivity index (χ3n) is 3.83. The number of nitrogens with one attached hydrogen (secondary N) is 1. The number of carbonyl (C=O) groups is 1. The SMILES string of the molecule is CCC(=O)N1CC(CC(O)CC)CC(NCC(F)F)C1. The number of amides is 1. The van der Waals surface area contributed by atoms with E-state index in [1.54, 1.807) is 11.8 Å². The van der Waals surface area contributed by atoms with E-state index in [9.17, 15) is 18.7 Å². The number of carbonyl (C=O) groups excluding carboxylic acids is 1. The van der Waals surface area contributed by atoms with Crippen LogP contribution >= 0.6 is 0 Å². The fourth-order valence-electron chi connectivity index (χ4n) is 2.76. The molecule has 0 radical (unpaired) electrons. The Morgan fingerprint density at radius 1 is 1.40 bits per heavy atom. The van der Waals surface area contributed by atoms with Crippen LogP contribution in [-0.2, 0) is 4.79 Å². The standard InChI is InChI=1S/C14H26F2N2O2/c1-3-12(19)6-10-5-11(17-7-13(15)16)9-18(8-10)14(20)4-2/h10-13,17,19H,3-9H2,1-2H3. The van der Waals surface area contributed by atoms with Crippen LogP contribution in [0.3, 0.4) is 0 Å². The summed E-state index contributed by atoms with van der Waals surface area (Å²) in [6.45, 7) is 4.47. The molecule has 0 aromatic rings. The van der Waals surface area contributed by atoms with Gasteiger partial charge in [-0.2, -0.15) is 0 Å². The van der Waals surface area contributed by atoms with Gasteiger partial charge in [0.15, 0.2) is 0 Å². The van der Waals surface area contributed by atoms with E-state index in [4.69, 9.17) is 0 Å². The van der Waals surface area contributed by atoms with Gasteiger partial charge < -0.3 is 15.3 Å². The van der Waals surface area contributed by atoms with Crippen LogP contribution < -0.4 is 5.32 Å². The van der Waals surface area contributed by atoms with Crippen molar-refractivity contribution >= 4 is 5.91 Å². The number of aliphatic hydroxyl groups is 1. The van der Waals surface area contributed by atoms with Gasteiger partial charge in [0.1, 0.15) is 0 Å². The van der Waals surface area contributed by atoms with Gasteiger partial charge in [-0.3, -0.25) is 4.79 Å². The molecule has 1 aliphatic rings. The highest BCUT2D eigenvalue weighted by atomic mass is 19.3. The second-order valence-corrected chi connectivity index (χ2v) is 5.55. The maximum absolute atomic E-state index is 12.3. The fourth-order valence-corrected chi connectivity index (χ4v) is 2.76. The molecule has 2 N–H and O–H groups in total. The Kier molecular flexibility index (Phi) is 7.37. The maximum Gasteiger partial charge on any atom is 0.250 e. The lowest BCUT2D eigenvalue weighted by Gasteiger charge is -2.39. The Balaban J connectivity index is 2.59. The van der Waals surface area contributed by atoms with E-state index in [0.29, 0.717) is 32.4 Å². The predicted octanol–water partition coefficient (Wildman–Crippen LogP) is 1.63. The summed E-state index contributed by atoms with van der Waals surface area (Å²) in [7, 11) is 0. The number of rotatable bonds is 7. The third kappa shape index (κ3) is 5.71. The molecular formula is C14H26F2N2O2. The van der Waals surface area contributed by atoms with Gasteiger partial charge in [0.05, 0.1) is 12.6 Å². The Labute approximate surface area is 119 Å². The van der Waals surface area contributed by atoms with Crippen LogP contribution in [0.25, 0.3) is 0 Å². The van der Waals surface area contributed by atoms with Crippen molar-refractivity contribution < 1.29 is 18.7 Å². The molecule has 0 aromatic heterocycles. The van der Waals surface area contributed by atoms with E-state index in [2.05, 4.69) is 5.32 Å². The first-order valence-electron chi connectivity index (χ1n) is 7.43. The van der Waals surface area contributed by atoms with Gasteiger partial charge >= 0.3 is 0 Å². The highest BCUT2D eigenvalue weighted by molar-refractivity contribution is 5.76. The second-order valence-electron chi connectivity index (χ2n) is 5.55. The molecule has 0 aromatic carbocycles. The number of nitrogens with zero attached hydrogens (tertiary/aromatic N) is 1. The molecule has 0 bridgehead atoms. The first-order valence-corrected chi connectivity index (χ1v) is 7.43. The molecule has 0 aliphatic carbocycles. The molecule has 6 heteroatoms. The van der Waals surface area contributed by atoms with Gasteiger partial charge in [-0.25, -0.2) is 8.78 Å². The topological polar surface area (TPSA) is 52.6 Å². The Bertz CT molecular complexity index is 303. The zero-order valence-electron chi connectivity index (χ0n) is 12.3. The minimum Gasteiger partial charge on any atom is -0.393 e. The summed E-state index contributed by atoms with van der Waals surface area (Å²) in [6, 6.07) is -0.109. The first-order chi connectivity index (χ1) is 9.46. The van der Waals surface area contributed by atoms with E-state index < -0.39 is 6.43 Å². The predicted molar refractivity (Wildman–Crippen MR) is 73.7 cm³/mol. The van der Waals surface area contributed by atoms with Gasteiger partial charge in [-0.05, 0) is 25.2 Å². The molecule has 1 fully saturated rings. The molecule has 1 saturated heterocycles. The summed E-state index contributed by atoms with van der Waals surface area (Å²) in [4.78, 5) is 13.6. The zero-order chi connectivity index (χ0) is 15.1. The van der Waals surface area contributed by atoms with Crippen molar-refractivity contribution in [3.63, 3.8) is 0 Å². The smallest absolute Gasteiger partial charge is 0.250 e. The fraction of sp³-hybridized carbons (Fsp3) is 0.929. The van der Waals surface area contributed by atoms with E-state index in [1.165, 1.54) is 0 Å². The third-order valence-corrected chi connectivity index (χ3v) is 3.83. The molecule has 1 heterocycles. The maximum atomic E-state index is 12.3. The van der Waals surface area contributed by atoms with Crippen LogP contribution in [0.1, 0.15) is 39.5 Å². The van der Waals surface area contributed by atoms with Crippen molar-refractivity contribution in [3.05, 3.63) is 0 Å². The second kappa shape index (κ2) is 8.52. The molecule has 3 unspecified atom stereocenters. The average Bonchev–Trinajstić information content (AvgIpc) is 2.43. The minimum absolute atomic E-state index is 0.0459. The molecule has 3 atom stereocenters. The number of hydrogen-bond acceptors (Lipinski definition) is 3. The largest absolute Gasteiger partial charge is 0.393 e. The number of hydrogen-bond donors (Lipinski definition) is 2. The highest BCUT2D eigenvalue weighted by Gasteiger charge is 2.30. The lowest BCUT2D eigenvalue weighted by atomic mass is 9.88. The molecule has 1 amide bonds. The molecule has 4 nitrogen and oxygen atoms in total. The van der Waals surface area contributed by atoms with Gasteiger partial charge in [-0.15, -0.1) is 0 Å². The number of halogens is 2. The number of alkyl halides is 2. The Morgan fingerprint density at radius 3 is 2.65 bits per heavy atom. The molecule has 1 aliphatic heterocycles. The van der Waals surface area contributed by atoms with E-state index >= 15 is 0 Å². The molecule has 1 rings (SSSR count). The van der Waals surface area contributed by atoms with Crippen LogP contribution in [0.15, 0.2) is 0 Å². The summed E-state index contributed by atoms with van der Waals surface area (Å²) >= 11 is 0.